The Kier molecular flexibility index (Phi) is 8.34. The molecule has 0 bridgehead atoms. The summed E-state index contributed by atoms with van der Waals surface area (Å²) >= 11 is 0. The summed E-state index contributed by atoms with van der Waals surface area (Å²) in [5.41, 5.74) is 7.19. The van der Waals surface area contributed by atoms with Gasteiger partial charge in [-0.3, -0.25) is 0 Å². The van der Waals surface area contributed by atoms with Crippen LogP contribution in [0.3, 0.4) is 0 Å². The molecule has 0 saturated heterocycles. The minimum absolute atomic E-state index is 0.0153. The Morgan fingerprint density at radius 2 is 1.76 bits per heavy atom. The fourth-order valence-corrected chi connectivity index (χ4v) is 1.10. The van der Waals surface area contributed by atoms with Gasteiger partial charge < -0.3 is 20.1 Å². The zero-order valence-corrected chi connectivity index (χ0v) is 10.5. The number of hydrogen-bond acceptors (Lipinski definition) is 5. The highest BCUT2D eigenvalue weighted by atomic mass is 16.5. The topological polar surface area (TPSA) is 170 Å². The zero-order valence-electron chi connectivity index (χ0n) is 10.5. The summed E-state index contributed by atoms with van der Waals surface area (Å²) in [5, 5.41) is 26.9. The fourth-order valence-electron chi connectivity index (χ4n) is 1.10. The largest absolute Gasteiger partial charge is 0.478 e. The fraction of sp³-hybridized carbons (Fsp3) is 0.182. The van der Waals surface area contributed by atoms with Gasteiger partial charge in [-0.15, -0.1) is 0 Å². The summed E-state index contributed by atoms with van der Waals surface area (Å²) in [6.07, 6.45) is -1.50. The van der Waals surface area contributed by atoms with Gasteiger partial charge in [0.1, 0.15) is 6.61 Å². The highest BCUT2D eigenvalue weighted by molar-refractivity contribution is 6.02. The molecule has 0 saturated carbocycles. The molecule has 112 valence electrons. The lowest BCUT2D eigenvalue weighted by Gasteiger charge is -2.05. The van der Waals surface area contributed by atoms with E-state index in [2.05, 4.69) is 9.85 Å². The maximum atomic E-state index is 11.3. The van der Waals surface area contributed by atoms with Gasteiger partial charge in [0.05, 0.1) is 17.7 Å². The Bertz CT molecular complexity index is 567. The third-order valence-corrected chi connectivity index (χ3v) is 1.83. The van der Waals surface area contributed by atoms with Crippen molar-refractivity contribution in [2.24, 2.45) is 5.11 Å². The van der Waals surface area contributed by atoms with Crippen LogP contribution in [0, 0.1) is 0 Å². The Morgan fingerprint density at radius 3 is 2.14 bits per heavy atom. The van der Waals surface area contributed by atoms with Crippen LogP contribution in [0.15, 0.2) is 29.4 Å². The summed E-state index contributed by atoms with van der Waals surface area (Å²) < 4.78 is 4.62. The lowest BCUT2D eigenvalue weighted by Crippen LogP contribution is -2.13. The number of rotatable bonds is 4. The van der Waals surface area contributed by atoms with E-state index < -0.39 is 18.0 Å². The number of esters is 1. The van der Waals surface area contributed by atoms with Gasteiger partial charge in [0.25, 0.3) is 0 Å². The number of carbonyl (C=O) groups excluding carboxylic acids is 1. The van der Waals surface area contributed by atoms with E-state index in [4.69, 9.17) is 20.9 Å². The van der Waals surface area contributed by atoms with Gasteiger partial charge >= 0.3 is 18.0 Å². The van der Waals surface area contributed by atoms with E-state index in [9.17, 15) is 14.4 Å². The lowest BCUT2D eigenvalue weighted by atomic mass is 10.1. The van der Waals surface area contributed by atoms with Crippen molar-refractivity contribution < 1.29 is 34.4 Å². The monoisotopic (exact) mass is 297 g/mol. The molecule has 1 rings (SSSR count). The maximum absolute atomic E-state index is 11.3. The summed E-state index contributed by atoms with van der Waals surface area (Å²) in [4.78, 5) is 33.2. The molecule has 1 amide bonds. The molecular weight excluding hydrogens is 286 g/mol. The lowest BCUT2D eigenvalue weighted by molar-refractivity contribution is 0.0426. The van der Waals surface area contributed by atoms with Crippen molar-refractivity contribution in [2.45, 2.75) is 0 Å². The van der Waals surface area contributed by atoms with Gasteiger partial charge in [0.15, 0.2) is 0 Å². The van der Waals surface area contributed by atoms with E-state index in [0.29, 0.717) is 0 Å². The van der Waals surface area contributed by atoms with Crippen molar-refractivity contribution in [3.05, 3.63) is 45.8 Å². The van der Waals surface area contributed by atoms with Gasteiger partial charge in [-0.05, 0) is 17.7 Å². The molecule has 10 nitrogen and oxygen atoms in total. The highest BCUT2D eigenvalue weighted by Crippen LogP contribution is 2.10. The number of nitrogens with zero attached hydrogens (tertiary/aromatic N) is 3. The van der Waals surface area contributed by atoms with Crippen LogP contribution in [-0.4, -0.2) is 46.6 Å². The number of carboxylic acids is 1. The molecule has 0 aliphatic rings. The summed E-state index contributed by atoms with van der Waals surface area (Å²) in [6, 6.07) is 5.75. The Balaban J connectivity index is 0.000000567. The SMILES string of the molecule is O=C(O)c1ccccc1C(=O)OCCO.[N-]=[N+]=NC(=O)O. The number of ether oxygens (including phenoxy) is 1. The number of aliphatic hydroxyl groups excluding tert-OH is 1. The van der Waals surface area contributed by atoms with Crippen molar-refractivity contribution in [1.82, 2.24) is 0 Å². The second-order valence-electron chi connectivity index (χ2n) is 3.18. The number of azide groups is 1. The maximum Gasteiger partial charge on any atom is 0.394 e. The van der Waals surface area contributed by atoms with Crippen molar-refractivity contribution in [3.63, 3.8) is 0 Å². The molecular formula is C11H11N3O7. The third kappa shape index (κ3) is 7.15. The Labute approximate surface area is 117 Å². The Morgan fingerprint density at radius 1 is 1.19 bits per heavy atom. The zero-order chi connectivity index (χ0) is 16.3. The van der Waals surface area contributed by atoms with Crippen LogP contribution in [0.2, 0.25) is 0 Å². The number of benzene rings is 1. The first-order chi connectivity index (χ1) is 9.93. The van der Waals surface area contributed by atoms with Gasteiger partial charge in [0, 0.05) is 10.0 Å². The van der Waals surface area contributed by atoms with E-state index >= 15 is 0 Å². The van der Waals surface area contributed by atoms with E-state index in [0.717, 1.165) is 0 Å². The molecule has 1 aromatic carbocycles. The second kappa shape index (κ2) is 9.78. The van der Waals surface area contributed by atoms with E-state index in [-0.39, 0.29) is 24.3 Å². The average molecular weight is 297 g/mol. The van der Waals surface area contributed by atoms with E-state index in [1.807, 2.05) is 4.91 Å². The quantitative estimate of drug-likeness (QED) is 0.327. The molecule has 0 atom stereocenters. The van der Waals surface area contributed by atoms with Crippen LogP contribution >= 0.6 is 0 Å². The number of aromatic carboxylic acids is 1. The second-order valence-corrected chi connectivity index (χ2v) is 3.18. The molecule has 0 aromatic heterocycles. The predicted molar refractivity (Wildman–Crippen MR) is 67.9 cm³/mol. The smallest absolute Gasteiger partial charge is 0.394 e. The summed E-state index contributed by atoms with van der Waals surface area (Å²) in [7, 11) is 0. The first kappa shape index (κ1) is 17.9. The first-order valence-electron chi connectivity index (χ1n) is 5.32. The van der Waals surface area contributed by atoms with Gasteiger partial charge in [0.2, 0.25) is 0 Å². The highest BCUT2D eigenvalue weighted by Gasteiger charge is 2.16. The molecule has 0 heterocycles. The van der Waals surface area contributed by atoms with Crippen molar-refractivity contribution >= 4 is 18.0 Å². The molecule has 0 aliphatic carbocycles. The number of carboxylic acid groups (broad SMARTS) is 2. The van der Waals surface area contributed by atoms with Crippen LogP contribution in [0.5, 0.6) is 0 Å². The number of amides is 1. The van der Waals surface area contributed by atoms with Crippen molar-refractivity contribution in [3.8, 4) is 0 Å². The minimum atomic E-state index is -1.50. The third-order valence-electron chi connectivity index (χ3n) is 1.83. The van der Waals surface area contributed by atoms with Gasteiger partial charge in [-0.2, -0.15) is 0 Å². The van der Waals surface area contributed by atoms with Gasteiger partial charge in [-0.25, -0.2) is 14.4 Å². The van der Waals surface area contributed by atoms with Crippen LogP contribution < -0.4 is 0 Å². The normalized spacial score (nSPS) is 8.62. The first-order valence-corrected chi connectivity index (χ1v) is 5.32. The molecule has 21 heavy (non-hydrogen) atoms. The molecule has 10 heteroatoms. The van der Waals surface area contributed by atoms with Crippen LogP contribution in [0.4, 0.5) is 4.79 Å². The van der Waals surface area contributed by atoms with Gasteiger partial charge in [-0.1, -0.05) is 12.1 Å². The predicted octanol–water partition coefficient (Wildman–Crippen LogP) is 1.51. The van der Waals surface area contributed by atoms with E-state index in [1.165, 1.54) is 18.2 Å². The molecule has 0 aliphatic heterocycles. The molecule has 0 spiro atoms. The standard InChI is InChI=1S/C10H10O5.CHN3O2/c11-5-6-15-10(14)8-4-2-1-3-7(8)9(12)13;2-4-3-1(5)6/h1-4,11H,5-6H2,(H,12,13);(H,5,6). The summed E-state index contributed by atoms with van der Waals surface area (Å²) in [5.74, 6) is -1.94. The molecule has 3 N–H and O–H groups in total. The number of hydrogen-bond donors (Lipinski definition) is 3. The van der Waals surface area contributed by atoms with Crippen LogP contribution in [0.1, 0.15) is 20.7 Å². The minimum Gasteiger partial charge on any atom is -0.478 e. The Hall–Kier alpha value is -3.10. The molecule has 1 aromatic rings. The summed E-state index contributed by atoms with van der Waals surface area (Å²) in [6.45, 7) is -0.437. The van der Waals surface area contributed by atoms with Crippen LogP contribution in [-0.2, 0) is 4.74 Å². The average Bonchev–Trinajstić information content (AvgIpc) is 2.45. The van der Waals surface area contributed by atoms with Crippen LogP contribution in [0.25, 0.3) is 10.4 Å². The number of carbonyl (C=O) groups is 3. The molecule has 0 unspecified atom stereocenters. The van der Waals surface area contributed by atoms with Crippen molar-refractivity contribution in [2.75, 3.05) is 13.2 Å². The van der Waals surface area contributed by atoms with Crippen molar-refractivity contribution in [1.29, 1.82) is 0 Å². The molecule has 0 fully saturated rings. The van der Waals surface area contributed by atoms with E-state index in [1.54, 1.807) is 6.07 Å². The number of aliphatic hydroxyl groups is 1. The molecule has 0 radical (unpaired) electrons.